The number of benzene rings is 3. The van der Waals surface area contributed by atoms with Gasteiger partial charge in [-0.05, 0) is 61.0 Å². The summed E-state index contributed by atoms with van der Waals surface area (Å²) in [5.41, 5.74) is 3.90. The average molecular weight is 360 g/mol. The Bertz CT molecular complexity index is 966. The molecule has 27 heavy (non-hydrogen) atoms. The lowest BCUT2D eigenvalue weighted by molar-refractivity contribution is 0.415. The van der Waals surface area contributed by atoms with Crippen LogP contribution in [0.5, 0.6) is 11.5 Å². The SMILES string of the molecule is COc1ccccc1N=Nc1ccc(N=Nc2ccc(C)cc2OC)cc1. The maximum Gasteiger partial charge on any atom is 0.146 e. The van der Waals surface area contributed by atoms with Crippen molar-refractivity contribution < 1.29 is 9.47 Å². The van der Waals surface area contributed by atoms with Crippen LogP contribution in [0.3, 0.4) is 0 Å². The van der Waals surface area contributed by atoms with E-state index < -0.39 is 0 Å². The highest BCUT2D eigenvalue weighted by molar-refractivity contribution is 5.54. The Morgan fingerprint density at radius 1 is 0.593 bits per heavy atom. The summed E-state index contributed by atoms with van der Waals surface area (Å²) < 4.78 is 10.6. The quantitative estimate of drug-likeness (QED) is 0.451. The molecule has 0 unspecified atom stereocenters. The Morgan fingerprint density at radius 3 is 1.74 bits per heavy atom. The molecule has 0 aromatic heterocycles. The van der Waals surface area contributed by atoms with Crippen molar-refractivity contribution in [3.8, 4) is 11.5 Å². The summed E-state index contributed by atoms with van der Waals surface area (Å²) in [4.78, 5) is 0. The summed E-state index contributed by atoms with van der Waals surface area (Å²) in [6.45, 7) is 2.00. The molecule has 136 valence electrons. The minimum Gasteiger partial charge on any atom is -0.494 e. The molecule has 0 spiro atoms. The van der Waals surface area contributed by atoms with Gasteiger partial charge in [-0.25, -0.2) is 0 Å². The molecule has 3 rings (SSSR count). The Morgan fingerprint density at radius 2 is 1.15 bits per heavy atom. The molecule has 0 saturated carbocycles. The van der Waals surface area contributed by atoms with Crippen LogP contribution in [0.15, 0.2) is 87.2 Å². The van der Waals surface area contributed by atoms with Crippen LogP contribution in [0.2, 0.25) is 0 Å². The van der Waals surface area contributed by atoms with Crippen LogP contribution in [0.4, 0.5) is 22.7 Å². The fourth-order valence-electron chi connectivity index (χ4n) is 2.39. The standard InChI is InChI=1S/C21H20N4O2/c1-15-8-13-19(21(14-15)27-3)25-23-17-11-9-16(10-12-17)22-24-18-6-4-5-7-20(18)26-2/h4-14H,1-3H3. The van der Waals surface area contributed by atoms with Crippen molar-refractivity contribution in [2.75, 3.05) is 14.2 Å². The van der Waals surface area contributed by atoms with E-state index in [9.17, 15) is 0 Å². The second-order valence-corrected chi connectivity index (χ2v) is 5.76. The van der Waals surface area contributed by atoms with Gasteiger partial charge in [-0.15, -0.1) is 10.2 Å². The summed E-state index contributed by atoms with van der Waals surface area (Å²) in [6, 6.07) is 20.6. The Labute approximate surface area is 158 Å². The van der Waals surface area contributed by atoms with Gasteiger partial charge in [-0.2, -0.15) is 10.2 Å². The molecule has 6 heteroatoms. The van der Waals surface area contributed by atoms with Crippen molar-refractivity contribution >= 4 is 22.7 Å². The van der Waals surface area contributed by atoms with Crippen molar-refractivity contribution in [1.82, 2.24) is 0 Å². The lowest BCUT2D eigenvalue weighted by atomic mass is 10.2. The number of rotatable bonds is 6. The highest BCUT2D eigenvalue weighted by Crippen LogP contribution is 2.31. The summed E-state index contributed by atoms with van der Waals surface area (Å²) >= 11 is 0. The highest BCUT2D eigenvalue weighted by Gasteiger charge is 2.02. The summed E-state index contributed by atoms with van der Waals surface area (Å²) in [5, 5.41) is 17.0. The number of hydrogen-bond acceptors (Lipinski definition) is 6. The number of nitrogens with zero attached hydrogens (tertiary/aromatic N) is 4. The van der Waals surface area contributed by atoms with Crippen molar-refractivity contribution in [2.45, 2.75) is 6.92 Å². The maximum atomic E-state index is 5.34. The molecule has 0 bridgehead atoms. The smallest absolute Gasteiger partial charge is 0.146 e. The maximum absolute atomic E-state index is 5.34. The first-order valence-electron chi connectivity index (χ1n) is 8.41. The Kier molecular flexibility index (Phi) is 5.89. The van der Waals surface area contributed by atoms with Gasteiger partial charge < -0.3 is 9.47 Å². The van der Waals surface area contributed by atoms with E-state index in [2.05, 4.69) is 20.5 Å². The van der Waals surface area contributed by atoms with E-state index in [0.29, 0.717) is 34.2 Å². The van der Waals surface area contributed by atoms with Gasteiger partial charge in [0.2, 0.25) is 0 Å². The first-order valence-corrected chi connectivity index (χ1v) is 8.41. The molecule has 0 atom stereocenters. The fraction of sp³-hybridized carbons (Fsp3) is 0.143. The monoisotopic (exact) mass is 360 g/mol. The number of ether oxygens (including phenoxy) is 2. The normalized spacial score (nSPS) is 11.2. The molecule has 0 aliphatic rings. The third kappa shape index (κ3) is 4.76. The largest absolute Gasteiger partial charge is 0.494 e. The molecule has 0 N–H and O–H groups in total. The van der Waals surface area contributed by atoms with Gasteiger partial charge in [-0.3, -0.25) is 0 Å². The molecular formula is C21H20N4O2. The van der Waals surface area contributed by atoms with Crippen molar-refractivity contribution in [1.29, 1.82) is 0 Å². The van der Waals surface area contributed by atoms with Crippen molar-refractivity contribution in [2.24, 2.45) is 20.5 Å². The minimum absolute atomic E-state index is 0.676. The van der Waals surface area contributed by atoms with Crippen LogP contribution in [0.25, 0.3) is 0 Å². The number of azo groups is 2. The van der Waals surface area contributed by atoms with E-state index in [1.165, 1.54) is 0 Å². The Balaban J connectivity index is 1.73. The zero-order valence-electron chi connectivity index (χ0n) is 15.5. The Hall–Kier alpha value is -3.54. The fourth-order valence-corrected chi connectivity index (χ4v) is 2.39. The van der Waals surface area contributed by atoms with Gasteiger partial charge in [0.05, 0.1) is 25.6 Å². The van der Waals surface area contributed by atoms with Gasteiger partial charge in [0, 0.05) is 0 Å². The average Bonchev–Trinajstić information content (AvgIpc) is 2.72. The molecule has 3 aromatic carbocycles. The first kappa shape index (κ1) is 18.3. The molecule has 3 aromatic rings. The van der Waals surface area contributed by atoms with Gasteiger partial charge in [0.1, 0.15) is 22.9 Å². The molecular weight excluding hydrogens is 340 g/mol. The molecule has 0 fully saturated rings. The van der Waals surface area contributed by atoms with E-state index in [-0.39, 0.29) is 0 Å². The van der Waals surface area contributed by atoms with Crippen molar-refractivity contribution in [3.63, 3.8) is 0 Å². The predicted octanol–water partition coefficient (Wildman–Crippen LogP) is 6.84. The van der Waals surface area contributed by atoms with Crippen molar-refractivity contribution in [3.05, 3.63) is 72.3 Å². The van der Waals surface area contributed by atoms with Crippen LogP contribution in [0, 0.1) is 6.92 Å². The molecule has 0 radical (unpaired) electrons. The number of aryl methyl sites for hydroxylation is 1. The van der Waals surface area contributed by atoms with E-state index in [1.807, 2.05) is 73.7 Å². The zero-order valence-corrected chi connectivity index (χ0v) is 15.5. The van der Waals surface area contributed by atoms with Gasteiger partial charge >= 0.3 is 0 Å². The molecule has 0 saturated heterocycles. The number of hydrogen-bond donors (Lipinski definition) is 0. The third-order valence-electron chi connectivity index (χ3n) is 3.82. The summed E-state index contributed by atoms with van der Waals surface area (Å²) in [7, 11) is 3.23. The van der Waals surface area contributed by atoms with Crippen LogP contribution in [-0.2, 0) is 0 Å². The second kappa shape index (κ2) is 8.71. The molecule has 0 heterocycles. The zero-order chi connectivity index (χ0) is 19.1. The third-order valence-corrected chi connectivity index (χ3v) is 3.82. The highest BCUT2D eigenvalue weighted by atomic mass is 16.5. The van der Waals surface area contributed by atoms with Gasteiger partial charge in [-0.1, -0.05) is 18.2 Å². The van der Waals surface area contributed by atoms with Gasteiger partial charge in [0.25, 0.3) is 0 Å². The first-order chi connectivity index (χ1) is 13.2. The lowest BCUT2D eigenvalue weighted by Crippen LogP contribution is -1.83. The van der Waals surface area contributed by atoms with E-state index in [0.717, 1.165) is 5.56 Å². The number of para-hydroxylation sites is 1. The van der Waals surface area contributed by atoms with E-state index in [4.69, 9.17) is 9.47 Å². The van der Waals surface area contributed by atoms with Crippen LogP contribution in [-0.4, -0.2) is 14.2 Å². The topological polar surface area (TPSA) is 67.9 Å². The van der Waals surface area contributed by atoms with Crippen LogP contribution >= 0.6 is 0 Å². The molecule has 0 aliphatic carbocycles. The molecule has 0 aliphatic heterocycles. The summed E-state index contributed by atoms with van der Waals surface area (Å²) in [6.07, 6.45) is 0. The van der Waals surface area contributed by atoms with Crippen LogP contribution < -0.4 is 9.47 Å². The van der Waals surface area contributed by atoms with E-state index >= 15 is 0 Å². The summed E-state index contributed by atoms with van der Waals surface area (Å²) in [5.74, 6) is 1.37. The predicted molar refractivity (Wildman–Crippen MR) is 106 cm³/mol. The number of methoxy groups -OCH3 is 2. The minimum atomic E-state index is 0.676. The van der Waals surface area contributed by atoms with Crippen LogP contribution in [0.1, 0.15) is 5.56 Å². The second-order valence-electron chi connectivity index (χ2n) is 5.76. The molecule has 0 amide bonds. The van der Waals surface area contributed by atoms with Gasteiger partial charge in [0.15, 0.2) is 0 Å². The molecule has 6 nitrogen and oxygen atoms in total. The lowest BCUT2D eigenvalue weighted by Gasteiger charge is -2.04. The van der Waals surface area contributed by atoms with E-state index in [1.54, 1.807) is 14.2 Å².